The lowest BCUT2D eigenvalue weighted by Crippen LogP contribution is -2.45. The molecule has 1 saturated heterocycles. The number of carbonyl (C=O) groups excluding carboxylic acids is 1. The molecule has 0 aromatic heterocycles. The zero-order chi connectivity index (χ0) is 20.3. The molecule has 7 nitrogen and oxygen atoms in total. The third kappa shape index (κ3) is 4.32. The van der Waals surface area contributed by atoms with Gasteiger partial charge in [0.05, 0.1) is 18.5 Å². The molecule has 152 valence electrons. The highest BCUT2D eigenvalue weighted by molar-refractivity contribution is 6.02. The zero-order valence-corrected chi connectivity index (χ0v) is 16.1. The molecule has 0 bridgehead atoms. The van der Waals surface area contributed by atoms with Crippen LogP contribution in [0.1, 0.15) is 24.8 Å². The van der Waals surface area contributed by atoms with E-state index in [1.807, 2.05) is 24.3 Å². The smallest absolute Gasteiger partial charge is 0.430 e. The molecular formula is C21H22FN3O4. The van der Waals surface area contributed by atoms with Crippen LogP contribution in [0.2, 0.25) is 0 Å². The first-order chi connectivity index (χ1) is 14.1. The maximum Gasteiger partial charge on any atom is 0.430 e. The van der Waals surface area contributed by atoms with Gasteiger partial charge >= 0.3 is 6.09 Å². The molecule has 2 aliphatic rings. The number of oxime groups is 1. The summed E-state index contributed by atoms with van der Waals surface area (Å²) >= 11 is 0. The van der Waals surface area contributed by atoms with E-state index in [1.165, 1.54) is 12.1 Å². The summed E-state index contributed by atoms with van der Waals surface area (Å²) in [6.45, 7) is 1.01. The molecule has 2 heterocycles. The van der Waals surface area contributed by atoms with E-state index in [2.05, 4.69) is 10.5 Å². The number of carbonyl (C=O) groups is 1. The Hall–Kier alpha value is -3.13. The third-order valence-corrected chi connectivity index (χ3v) is 5.20. The number of amides is 1. The first kappa shape index (κ1) is 19.2. The molecule has 1 fully saturated rings. The molecule has 1 N–H and O–H groups in total. The fourth-order valence-corrected chi connectivity index (χ4v) is 3.54. The van der Waals surface area contributed by atoms with Crippen LogP contribution < -0.4 is 10.1 Å². The number of nitrogens with one attached hydrogen (secondary N) is 1. The first-order valence-electron chi connectivity index (χ1n) is 9.45. The van der Waals surface area contributed by atoms with Gasteiger partial charge in [-0.1, -0.05) is 29.4 Å². The number of para-hydroxylation sites is 1. The fourth-order valence-electron chi connectivity index (χ4n) is 3.54. The van der Waals surface area contributed by atoms with E-state index in [0.717, 1.165) is 17.0 Å². The van der Waals surface area contributed by atoms with Crippen LogP contribution in [-0.2, 0) is 9.68 Å². The molecule has 29 heavy (non-hydrogen) atoms. The minimum absolute atomic E-state index is 0.0847. The second kappa shape index (κ2) is 8.08. The highest BCUT2D eigenvalue weighted by Crippen LogP contribution is 2.36. The van der Waals surface area contributed by atoms with Crippen LogP contribution in [-0.4, -0.2) is 42.7 Å². The standard InChI is InChI=1S/C21H22FN3O4/c1-27-16-6-4-5-15(13-16)19-14-21(29-24-19)9-11-25(12-10-21)28-20(26)23-18-8-3-2-7-17(18)22/h2-8,13H,9-12,14H2,1H3,(H,23,26). The Labute approximate surface area is 168 Å². The first-order valence-corrected chi connectivity index (χ1v) is 9.45. The van der Waals surface area contributed by atoms with Crippen molar-refractivity contribution in [3.63, 3.8) is 0 Å². The largest absolute Gasteiger partial charge is 0.497 e. The number of rotatable bonds is 4. The number of anilines is 1. The Morgan fingerprint density at radius 3 is 2.76 bits per heavy atom. The predicted molar refractivity (Wildman–Crippen MR) is 105 cm³/mol. The van der Waals surface area contributed by atoms with E-state index in [4.69, 9.17) is 14.4 Å². The van der Waals surface area contributed by atoms with Gasteiger partial charge in [-0.05, 0) is 24.3 Å². The molecule has 2 aromatic rings. The van der Waals surface area contributed by atoms with Crippen molar-refractivity contribution in [1.29, 1.82) is 0 Å². The molecule has 0 atom stereocenters. The van der Waals surface area contributed by atoms with Crippen molar-refractivity contribution in [3.05, 3.63) is 59.9 Å². The summed E-state index contributed by atoms with van der Waals surface area (Å²) in [5.41, 5.74) is 1.56. The normalized spacial score (nSPS) is 18.1. The second-order valence-corrected chi connectivity index (χ2v) is 7.13. The Balaban J connectivity index is 1.29. The van der Waals surface area contributed by atoms with Crippen molar-refractivity contribution in [3.8, 4) is 5.75 Å². The number of hydroxylamine groups is 2. The van der Waals surface area contributed by atoms with E-state index in [9.17, 15) is 9.18 Å². The van der Waals surface area contributed by atoms with Crippen molar-refractivity contribution < 1.29 is 23.6 Å². The minimum Gasteiger partial charge on any atom is -0.497 e. The fraction of sp³-hybridized carbons (Fsp3) is 0.333. The minimum atomic E-state index is -0.716. The Morgan fingerprint density at radius 2 is 2.00 bits per heavy atom. The summed E-state index contributed by atoms with van der Waals surface area (Å²) in [6, 6.07) is 13.7. The molecule has 0 saturated carbocycles. The highest BCUT2D eigenvalue weighted by Gasteiger charge is 2.43. The van der Waals surface area contributed by atoms with Crippen molar-refractivity contribution >= 4 is 17.5 Å². The third-order valence-electron chi connectivity index (χ3n) is 5.20. The van der Waals surface area contributed by atoms with Crippen molar-refractivity contribution in [2.75, 3.05) is 25.5 Å². The summed E-state index contributed by atoms with van der Waals surface area (Å²) in [5.74, 6) is 0.263. The van der Waals surface area contributed by atoms with Gasteiger partial charge in [0.1, 0.15) is 17.2 Å². The highest BCUT2D eigenvalue weighted by atomic mass is 19.1. The number of halogens is 1. The molecular weight excluding hydrogens is 377 g/mol. The van der Waals surface area contributed by atoms with Gasteiger partial charge in [0, 0.05) is 37.9 Å². The molecule has 0 aliphatic carbocycles. The van der Waals surface area contributed by atoms with Gasteiger partial charge < -0.3 is 14.4 Å². The quantitative estimate of drug-likeness (QED) is 0.843. The monoisotopic (exact) mass is 399 g/mol. The van der Waals surface area contributed by atoms with Gasteiger partial charge in [0.2, 0.25) is 0 Å². The second-order valence-electron chi connectivity index (χ2n) is 7.13. The summed E-state index contributed by atoms with van der Waals surface area (Å²) in [6.07, 6.45) is 1.30. The van der Waals surface area contributed by atoms with Crippen molar-refractivity contribution in [1.82, 2.24) is 5.06 Å². The Kier molecular flexibility index (Phi) is 5.35. The molecule has 2 aromatic carbocycles. The molecule has 8 heteroatoms. The van der Waals surface area contributed by atoms with Crippen LogP contribution in [0.4, 0.5) is 14.9 Å². The number of hydrogen-bond acceptors (Lipinski definition) is 6. The van der Waals surface area contributed by atoms with E-state index in [-0.39, 0.29) is 11.3 Å². The molecule has 1 amide bonds. The number of ether oxygens (including phenoxy) is 1. The number of nitrogens with zero attached hydrogens (tertiary/aromatic N) is 2. The van der Waals surface area contributed by atoms with Crippen molar-refractivity contribution in [2.24, 2.45) is 5.16 Å². The molecule has 0 radical (unpaired) electrons. The van der Waals surface area contributed by atoms with E-state index in [0.29, 0.717) is 32.4 Å². The molecule has 2 aliphatic heterocycles. The van der Waals surface area contributed by atoms with Gasteiger partial charge in [-0.25, -0.2) is 9.18 Å². The number of hydrogen-bond donors (Lipinski definition) is 1. The zero-order valence-electron chi connectivity index (χ0n) is 16.1. The summed E-state index contributed by atoms with van der Waals surface area (Å²) in [4.78, 5) is 23.1. The van der Waals surface area contributed by atoms with Gasteiger partial charge in [-0.15, -0.1) is 5.06 Å². The lowest BCUT2D eigenvalue weighted by Gasteiger charge is -2.35. The van der Waals surface area contributed by atoms with E-state index >= 15 is 0 Å². The molecule has 1 spiro atoms. The average molecular weight is 399 g/mol. The maximum absolute atomic E-state index is 13.6. The number of methoxy groups -OCH3 is 1. The summed E-state index contributed by atoms with van der Waals surface area (Å²) in [5, 5.41) is 8.27. The van der Waals surface area contributed by atoms with Gasteiger partial charge in [-0.2, -0.15) is 0 Å². The Morgan fingerprint density at radius 1 is 1.21 bits per heavy atom. The van der Waals surface area contributed by atoms with Crippen LogP contribution in [0, 0.1) is 5.82 Å². The lowest BCUT2D eigenvalue weighted by atomic mass is 9.86. The van der Waals surface area contributed by atoms with E-state index < -0.39 is 11.9 Å². The van der Waals surface area contributed by atoms with Crippen molar-refractivity contribution in [2.45, 2.75) is 24.9 Å². The van der Waals surface area contributed by atoms with Gasteiger partial charge in [-0.3, -0.25) is 5.32 Å². The number of piperidine rings is 1. The van der Waals surface area contributed by atoms with Gasteiger partial charge in [0.25, 0.3) is 0 Å². The van der Waals surface area contributed by atoms with Crippen LogP contribution in [0.3, 0.4) is 0 Å². The summed E-state index contributed by atoms with van der Waals surface area (Å²) < 4.78 is 18.9. The van der Waals surface area contributed by atoms with E-state index in [1.54, 1.807) is 24.3 Å². The van der Waals surface area contributed by atoms with Crippen LogP contribution in [0.15, 0.2) is 53.7 Å². The maximum atomic E-state index is 13.6. The van der Waals surface area contributed by atoms with Gasteiger partial charge in [0.15, 0.2) is 0 Å². The average Bonchev–Trinajstić information content (AvgIpc) is 3.15. The molecule has 0 unspecified atom stereocenters. The van der Waals surface area contributed by atoms with Crippen LogP contribution in [0.5, 0.6) is 5.75 Å². The van der Waals surface area contributed by atoms with Crippen LogP contribution >= 0.6 is 0 Å². The number of benzene rings is 2. The van der Waals surface area contributed by atoms with Crippen LogP contribution in [0.25, 0.3) is 0 Å². The molecule has 4 rings (SSSR count). The summed E-state index contributed by atoms with van der Waals surface area (Å²) in [7, 11) is 1.63. The topological polar surface area (TPSA) is 72.4 Å². The Bertz CT molecular complexity index is 926. The SMILES string of the molecule is COc1cccc(C2=NOC3(CCN(OC(=O)Nc4ccccc4F)CC3)C2)c1. The predicted octanol–water partition coefficient (Wildman–Crippen LogP) is 3.96. The lowest BCUT2D eigenvalue weighted by molar-refractivity contribution is -0.154.